The molecule has 4 rings (SSSR count). The number of imide groups is 1. The average molecular weight is 967 g/mol. The lowest BCUT2D eigenvalue weighted by molar-refractivity contribution is -0.143. The van der Waals surface area contributed by atoms with Gasteiger partial charge in [-0.25, -0.2) is 13.6 Å². The van der Waals surface area contributed by atoms with Gasteiger partial charge in [0.2, 0.25) is 47.3 Å². The van der Waals surface area contributed by atoms with Crippen molar-refractivity contribution < 1.29 is 72.0 Å². The van der Waals surface area contributed by atoms with Gasteiger partial charge in [0, 0.05) is 68.3 Å². The van der Waals surface area contributed by atoms with Crippen LogP contribution in [0.15, 0.2) is 60.8 Å². The summed E-state index contributed by atoms with van der Waals surface area (Å²) in [7, 11) is 0. The molecule has 1 aliphatic heterocycles. The topological polar surface area (TPSA) is 317 Å². The smallest absolute Gasteiger partial charge is 0.326 e. The molecule has 9 N–H and O–H groups in total. The van der Waals surface area contributed by atoms with Gasteiger partial charge < -0.3 is 51.8 Å². The number of aromatic nitrogens is 1. The van der Waals surface area contributed by atoms with Crippen LogP contribution in [0.25, 0.3) is 11.1 Å². The van der Waals surface area contributed by atoms with Gasteiger partial charge >= 0.3 is 11.9 Å². The summed E-state index contributed by atoms with van der Waals surface area (Å²) in [4.78, 5) is 129. The first-order valence-electron chi connectivity index (χ1n) is 21.8. The van der Waals surface area contributed by atoms with Crippen LogP contribution in [0, 0.1) is 17.0 Å². The van der Waals surface area contributed by atoms with E-state index in [4.69, 9.17) is 10.8 Å². The van der Waals surface area contributed by atoms with Crippen LogP contribution >= 0.6 is 0 Å². The van der Waals surface area contributed by atoms with Crippen molar-refractivity contribution in [1.82, 2.24) is 35.6 Å². The number of likely N-dealkylation sites (tertiary alicyclic amines) is 1. The number of aliphatic carboxylic acids is 2. The number of carbonyl (C=O) groups excluding carboxylic acids is 8. The fourth-order valence-electron chi connectivity index (χ4n) is 7.72. The molecule has 372 valence electrons. The molecule has 1 aliphatic rings. The van der Waals surface area contributed by atoms with Crippen LogP contribution in [0.1, 0.15) is 83.0 Å². The molecule has 0 aliphatic carbocycles. The number of aliphatic hydroxyl groups is 1. The number of nitrogens with one attached hydrogen (secondary N) is 4. The molecule has 1 aromatic heterocycles. The fourth-order valence-corrected chi connectivity index (χ4v) is 7.72. The van der Waals surface area contributed by atoms with Crippen LogP contribution in [0.5, 0.6) is 0 Å². The zero-order valence-electron chi connectivity index (χ0n) is 38.2. The molecule has 1 saturated heterocycles. The summed E-state index contributed by atoms with van der Waals surface area (Å²) in [5.41, 5.74) is 5.82. The Labute approximate surface area is 394 Å². The van der Waals surface area contributed by atoms with Crippen LogP contribution in [0.3, 0.4) is 0 Å². The highest BCUT2D eigenvalue weighted by molar-refractivity contribution is 6.05. The van der Waals surface area contributed by atoms with E-state index in [0.29, 0.717) is 10.6 Å². The standard InChI is InChI=1S/C46H56F2N8O13/c1-46(2,3)42(34-19-27(29-20-28(47)9-10-30(29)48)23-54(34)22-26-7-5-4-6-8-26)55(40(63)25-57)18-16-31(43(66)50-17-15-36(59)51-32(45(68)69)11-14-41(64)65)53-44(67)33(21-35(49)58)52-37(60)24-56-38(61)12-13-39(56)62/h4-10,19-20,23,31-33,42,57H,11-18,21-22,24-25H2,1-3H3,(H2,49,58)(H,50,66)(H,51,59)(H,52,60)(H,53,67)(H,64,65)(H,68,69)/t31-,32+,33-,42-/m0/s1. The van der Waals surface area contributed by atoms with Gasteiger partial charge in [0.05, 0.1) is 12.5 Å². The Bertz CT molecular complexity index is 2410. The quantitative estimate of drug-likeness (QED) is 0.0544. The molecule has 2 heterocycles. The van der Waals surface area contributed by atoms with Crippen LogP contribution in [-0.4, -0.2) is 133 Å². The van der Waals surface area contributed by atoms with Crippen molar-refractivity contribution in [2.24, 2.45) is 11.1 Å². The third kappa shape index (κ3) is 15.8. The Balaban J connectivity index is 1.71. The van der Waals surface area contributed by atoms with E-state index in [2.05, 4.69) is 21.3 Å². The Hall–Kier alpha value is -7.56. The molecule has 1 fully saturated rings. The Morgan fingerprint density at radius 3 is 2.06 bits per heavy atom. The number of carboxylic acids is 2. The first kappa shape index (κ1) is 54.0. The van der Waals surface area contributed by atoms with Crippen LogP contribution in [0.2, 0.25) is 0 Å². The summed E-state index contributed by atoms with van der Waals surface area (Å²) < 4.78 is 31.6. The summed E-state index contributed by atoms with van der Waals surface area (Å²) in [6.45, 7) is 2.75. The van der Waals surface area contributed by atoms with E-state index in [9.17, 15) is 62.5 Å². The minimum atomic E-state index is -1.77. The maximum atomic E-state index is 15.3. The van der Waals surface area contributed by atoms with E-state index in [0.717, 1.165) is 23.8 Å². The van der Waals surface area contributed by atoms with E-state index < -0.39 is 159 Å². The first-order valence-corrected chi connectivity index (χ1v) is 21.8. The number of primary amides is 1. The number of amides is 8. The van der Waals surface area contributed by atoms with Gasteiger partial charge in [-0.1, -0.05) is 51.1 Å². The molecule has 23 heteroatoms. The first-order chi connectivity index (χ1) is 32.5. The summed E-state index contributed by atoms with van der Waals surface area (Å²) in [5.74, 6) is -11.6. The Morgan fingerprint density at radius 2 is 1.46 bits per heavy atom. The molecule has 2 aromatic carbocycles. The zero-order chi connectivity index (χ0) is 51.2. The molecule has 0 unspecified atom stereocenters. The summed E-state index contributed by atoms with van der Waals surface area (Å²) in [6.07, 6.45) is -1.53. The number of aliphatic hydroxyl groups excluding tert-OH is 1. The van der Waals surface area contributed by atoms with Crippen molar-refractivity contribution in [3.8, 4) is 11.1 Å². The number of nitrogens with zero attached hydrogens (tertiary/aromatic N) is 3. The molecule has 0 bridgehead atoms. The third-order valence-corrected chi connectivity index (χ3v) is 11.0. The minimum Gasteiger partial charge on any atom is -0.481 e. The molecular formula is C46H56F2N8O13. The highest BCUT2D eigenvalue weighted by Crippen LogP contribution is 2.41. The number of carbonyl (C=O) groups is 10. The van der Waals surface area contributed by atoms with Crippen LogP contribution < -0.4 is 27.0 Å². The summed E-state index contributed by atoms with van der Waals surface area (Å²) in [5, 5.41) is 38.1. The van der Waals surface area contributed by atoms with E-state index in [-0.39, 0.29) is 30.5 Å². The number of benzene rings is 2. The molecule has 8 amide bonds. The third-order valence-electron chi connectivity index (χ3n) is 11.0. The van der Waals surface area contributed by atoms with Gasteiger partial charge in [-0.15, -0.1) is 0 Å². The average Bonchev–Trinajstić information content (AvgIpc) is 3.82. The fraction of sp³-hybridized carbons (Fsp3) is 0.435. The monoisotopic (exact) mass is 966 g/mol. The van der Waals surface area contributed by atoms with Gasteiger partial charge in [0.15, 0.2) is 0 Å². The van der Waals surface area contributed by atoms with Gasteiger partial charge in [0.1, 0.15) is 42.9 Å². The molecule has 69 heavy (non-hydrogen) atoms. The van der Waals surface area contributed by atoms with Crippen LogP contribution in [0.4, 0.5) is 8.78 Å². The normalized spacial score (nSPS) is 14.3. The van der Waals surface area contributed by atoms with Gasteiger partial charge in [-0.05, 0) is 48.1 Å². The number of hydrogen-bond donors (Lipinski definition) is 8. The van der Waals surface area contributed by atoms with E-state index >= 15 is 4.39 Å². The second-order valence-corrected chi connectivity index (χ2v) is 17.4. The van der Waals surface area contributed by atoms with Crippen molar-refractivity contribution in [1.29, 1.82) is 0 Å². The van der Waals surface area contributed by atoms with E-state index in [1.165, 1.54) is 4.90 Å². The van der Waals surface area contributed by atoms with Gasteiger partial charge in [0.25, 0.3) is 0 Å². The zero-order valence-corrected chi connectivity index (χ0v) is 38.2. The summed E-state index contributed by atoms with van der Waals surface area (Å²) >= 11 is 0. The largest absolute Gasteiger partial charge is 0.481 e. The van der Waals surface area contributed by atoms with Crippen molar-refractivity contribution >= 4 is 59.2 Å². The van der Waals surface area contributed by atoms with Crippen molar-refractivity contribution in [3.63, 3.8) is 0 Å². The highest BCUT2D eigenvalue weighted by atomic mass is 19.1. The number of rotatable bonds is 25. The van der Waals surface area contributed by atoms with Gasteiger partial charge in [-0.2, -0.15) is 0 Å². The molecule has 4 atom stereocenters. The lowest BCUT2D eigenvalue weighted by atomic mass is 9.82. The van der Waals surface area contributed by atoms with Crippen molar-refractivity contribution in [3.05, 3.63) is 83.7 Å². The highest BCUT2D eigenvalue weighted by Gasteiger charge is 2.39. The molecule has 0 radical (unpaired) electrons. The Morgan fingerprint density at radius 1 is 0.812 bits per heavy atom. The minimum absolute atomic E-state index is 0.0844. The predicted octanol–water partition coefficient (Wildman–Crippen LogP) is 0.714. The molecular weight excluding hydrogens is 911 g/mol. The number of halogens is 2. The lowest BCUT2D eigenvalue weighted by Gasteiger charge is -2.41. The molecule has 21 nitrogen and oxygen atoms in total. The predicted molar refractivity (Wildman–Crippen MR) is 239 cm³/mol. The van der Waals surface area contributed by atoms with Crippen LogP contribution in [-0.2, 0) is 54.5 Å². The van der Waals surface area contributed by atoms with E-state index in [1.54, 1.807) is 55.8 Å². The molecule has 0 spiro atoms. The van der Waals surface area contributed by atoms with E-state index in [1.807, 2.05) is 12.1 Å². The maximum absolute atomic E-state index is 15.3. The second kappa shape index (κ2) is 24.5. The SMILES string of the molecule is CC(C)(C)[C@H](c1cc(-c2cc(F)ccc2F)cn1Cc1ccccc1)N(CC[C@H](NC(=O)[C@H](CC(N)=O)NC(=O)CN1C(=O)CCC1=O)C(=O)NCCC(=O)N[C@H](CCC(=O)O)C(=O)O)C(=O)CO. The molecule has 3 aromatic rings. The summed E-state index contributed by atoms with van der Waals surface area (Å²) in [6, 6.07) is 7.55. The maximum Gasteiger partial charge on any atom is 0.326 e. The number of carboxylic acid groups (broad SMARTS) is 2. The number of hydrogen-bond acceptors (Lipinski definition) is 11. The molecule has 0 saturated carbocycles. The van der Waals surface area contributed by atoms with Gasteiger partial charge in [-0.3, -0.25) is 48.1 Å². The lowest BCUT2D eigenvalue weighted by Crippen LogP contribution is -2.56. The number of nitrogens with two attached hydrogens (primary N) is 1. The Kier molecular flexibility index (Phi) is 19.2. The van der Waals surface area contributed by atoms with Crippen molar-refractivity contribution in [2.75, 3.05) is 26.2 Å². The second-order valence-electron chi connectivity index (χ2n) is 17.4. The van der Waals surface area contributed by atoms with Crippen molar-refractivity contribution in [2.45, 2.75) is 96.4 Å².